The minimum Gasteiger partial charge on any atom is -0.388 e. The summed E-state index contributed by atoms with van der Waals surface area (Å²) in [5, 5.41) is 9.24. The third-order valence-electron chi connectivity index (χ3n) is 1.59. The third-order valence-corrected chi connectivity index (χ3v) is 2.44. The number of halogens is 1. The molecule has 0 spiro atoms. The van der Waals surface area contributed by atoms with Gasteiger partial charge in [-0.1, -0.05) is 28.4 Å². The van der Waals surface area contributed by atoms with Crippen molar-refractivity contribution in [1.82, 2.24) is 0 Å². The van der Waals surface area contributed by atoms with Crippen molar-refractivity contribution in [3.05, 3.63) is 10.6 Å². The lowest BCUT2D eigenvalue weighted by molar-refractivity contribution is 0.208. The van der Waals surface area contributed by atoms with Crippen LogP contribution >= 0.6 is 15.9 Å². The fourth-order valence-electron chi connectivity index (χ4n) is 0.996. The van der Waals surface area contributed by atoms with Crippen LogP contribution in [-0.4, -0.2) is 11.2 Å². The second-order valence-corrected chi connectivity index (χ2v) is 3.30. The van der Waals surface area contributed by atoms with Crippen LogP contribution in [0.1, 0.15) is 25.7 Å². The Bertz CT molecular complexity index is 120. The molecule has 9 heavy (non-hydrogen) atoms. The van der Waals surface area contributed by atoms with E-state index in [1.807, 2.05) is 0 Å². The number of aliphatic hydroxyl groups is 1. The second-order valence-electron chi connectivity index (χ2n) is 2.39. The van der Waals surface area contributed by atoms with E-state index in [1.165, 1.54) is 6.42 Å². The molecule has 0 aromatic carbocycles. The van der Waals surface area contributed by atoms with Gasteiger partial charge in [-0.3, -0.25) is 0 Å². The fraction of sp³-hybridized carbons (Fsp3) is 0.714. The molecule has 0 bridgehead atoms. The first-order valence-electron chi connectivity index (χ1n) is 3.34. The summed E-state index contributed by atoms with van der Waals surface area (Å²) in [6.45, 7) is 0. The van der Waals surface area contributed by atoms with Crippen molar-refractivity contribution in [2.75, 3.05) is 0 Å². The standard InChI is InChI=1S/C7H11BrO/c8-6-4-2-1-3-5-7(6)9/h4,7,9H,1-3,5H2/t7-/m0/s1. The Morgan fingerprint density at radius 3 is 3.11 bits per heavy atom. The van der Waals surface area contributed by atoms with Crippen LogP contribution in [0.3, 0.4) is 0 Å². The molecule has 0 unspecified atom stereocenters. The number of hydrogen-bond donors (Lipinski definition) is 1. The quantitative estimate of drug-likeness (QED) is 0.622. The Labute approximate surface area is 63.9 Å². The Morgan fingerprint density at radius 1 is 1.56 bits per heavy atom. The van der Waals surface area contributed by atoms with Gasteiger partial charge in [-0.05, 0) is 19.3 Å². The van der Waals surface area contributed by atoms with Crippen LogP contribution in [-0.2, 0) is 0 Å². The number of aliphatic hydroxyl groups excluding tert-OH is 1. The topological polar surface area (TPSA) is 20.2 Å². The minimum atomic E-state index is -0.229. The van der Waals surface area contributed by atoms with E-state index in [0.717, 1.165) is 23.7 Å². The first-order valence-corrected chi connectivity index (χ1v) is 4.13. The van der Waals surface area contributed by atoms with Gasteiger partial charge in [0.25, 0.3) is 0 Å². The lowest BCUT2D eigenvalue weighted by Crippen LogP contribution is -2.03. The summed E-state index contributed by atoms with van der Waals surface area (Å²) in [5.74, 6) is 0. The maximum Gasteiger partial charge on any atom is 0.0851 e. The Hall–Kier alpha value is 0.180. The van der Waals surface area contributed by atoms with Crippen molar-refractivity contribution in [2.45, 2.75) is 31.8 Å². The number of rotatable bonds is 0. The smallest absolute Gasteiger partial charge is 0.0851 e. The van der Waals surface area contributed by atoms with Gasteiger partial charge in [-0.15, -0.1) is 0 Å². The SMILES string of the molecule is O[C@H]1CCCCC=C1Br. The lowest BCUT2D eigenvalue weighted by atomic mass is 10.2. The van der Waals surface area contributed by atoms with Crippen LogP contribution in [0.25, 0.3) is 0 Å². The van der Waals surface area contributed by atoms with E-state index in [0.29, 0.717) is 0 Å². The van der Waals surface area contributed by atoms with E-state index in [1.54, 1.807) is 0 Å². The first kappa shape index (κ1) is 7.29. The molecule has 1 atom stereocenters. The van der Waals surface area contributed by atoms with Gasteiger partial charge in [-0.25, -0.2) is 0 Å². The van der Waals surface area contributed by atoms with E-state index in [9.17, 15) is 5.11 Å². The van der Waals surface area contributed by atoms with Crippen LogP contribution in [0.4, 0.5) is 0 Å². The highest BCUT2D eigenvalue weighted by atomic mass is 79.9. The summed E-state index contributed by atoms with van der Waals surface area (Å²) in [6, 6.07) is 0. The predicted octanol–water partition coefficient (Wildman–Crippen LogP) is 2.20. The molecule has 1 rings (SSSR count). The van der Waals surface area contributed by atoms with Gasteiger partial charge in [0.1, 0.15) is 0 Å². The molecule has 0 fully saturated rings. The normalized spacial score (nSPS) is 29.1. The van der Waals surface area contributed by atoms with Crippen LogP contribution in [0.2, 0.25) is 0 Å². The number of allylic oxidation sites excluding steroid dienone is 1. The van der Waals surface area contributed by atoms with Crippen molar-refractivity contribution >= 4 is 15.9 Å². The van der Waals surface area contributed by atoms with Gasteiger partial charge >= 0.3 is 0 Å². The molecule has 0 aromatic rings. The number of hydrogen-bond acceptors (Lipinski definition) is 1. The highest BCUT2D eigenvalue weighted by Gasteiger charge is 2.09. The van der Waals surface area contributed by atoms with Gasteiger partial charge in [0.05, 0.1) is 6.10 Å². The second kappa shape index (κ2) is 3.37. The van der Waals surface area contributed by atoms with Crippen LogP contribution in [0.5, 0.6) is 0 Å². The average Bonchev–Trinajstić information content (AvgIpc) is 1.99. The van der Waals surface area contributed by atoms with Crippen LogP contribution in [0, 0.1) is 0 Å². The zero-order chi connectivity index (χ0) is 6.69. The van der Waals surface area contributed by atoms with E-state index in [-0.39, 0.29) is 6.10 Å². The van der Waals surface area contributed by atoms with Crippen LogP contribution in [0.15, 0.2) is 10.6 Å². The van der Waals surface area contributed by atoms with E-state index >= 15 is 0 Å². The molecule has 0 aromatic heterocycles. The Morgan fingerprint density at radius 2 is 2.33 bits per heavy atom. The minimum absolute atomic E-state index is 0.229. The summed E-state index contributed by atoms with van der Waals surface area (Å²) in [5.41, 5.74) is 0. The molecule has 0 saturated heterocycles. The Balaban J connectivity index is 2.51. The molecule has 1 aliphatic rings. The molecule has 0 radical (unpaired) electrons. The van der Waals surface area contributed by atoms with Crippen LogP contribution < -0.4 is 0 Å². The summed E-state index contributed by atoms with van der Waals surface area (Å²) in [6.07, 6.45) is 6.22. The highest BCUT2D eigenvalue weighted by Crippen LogP contribution is 2.21. The molecule has 1 aliphatic carbocycles. The third kappa shape index (κ3) is 2.11. The molecule has 0 heterocycles. The first-order chi connectivity index (χ1) is 4.30. The molecule has 0 aliphatic heterocycles. The largest absolute Gasteiger partial charge is 0.388 e. The van der Waals surface area contributed by atoms with Crippen molar-refractivity contribution < 1.29 is 5.11 Å². The summed E-state index contributed by atoms with van der Waals surface area (Å²) < 4.78 is 0.972. The summed E-state index contributed by atoms with van der Waals surface area (Å²) in [7, 11) is 0. The van der Waals surface area contributed by atoms with Gasteiger partial charge in [-0.2, -0.15) is 0 Å². The molecular weight excluding hydrogens is 180 g/mol. The van der Waals surface area contributed by atoms with E-state index < -0.39 is 0 Å². The van der Waals surface area contributed by atoms with E-state index in [4.69, 9.17) is 0 Å². The maximum absolute atomic E-state index is 9.24. The molecule has 1 N–H and O–H groups in total. The zero-order valence-corrected chi connectivity index (χ0v) is 6.89. The fourth-order valence-corrected chi connectivity index (χ4v) is 1.45. The highest BCUT2D eigenvalue weighted by molar-refractivity contribution is 9.11. The van der Waals surface area contributed by atoms with E-state index in [2.05, 4.69) is 22.0 Å². The van der Waals surface area contributed by atoms with Crippen molar-refractivity contribution in [3.63, 3.8) is 0 Å². The van der Waals surface area contributed by atoms with Gasteiger partial charge in [0, 0.05) is 4.48 Å². The molecule has 1 nitrogen and oxygen atoms in total. The molecule has 2 heteroatoms. The molecule has 0 amide bonds. The maximum atomic E-state index is 9.24. The van der Waals surface area contributed by atoms with Crippen molar-refractivity contribution in [1.29, 1.82) is 0 Å². The van der Waals surface area contributed by atoms with Gasteiger partial charge < -0.3 is 5.11 Å². The zero-order valence-electron chi connectivity index (χ0n) is 5.31. The molecule has 0 saturated carbocycles. The van der Waals surface area contributed by atoms with Crippen molar-refractivity contribution in [2.24, 2.45) is 0 Å². The summed E-state index contributed by atoms with van der Waals surface area (Å²) in [4.78, 5) is 0. The molecular formula is C7H11BrO. The van der Waals surface area contributed by atoms with Gasteiger partial charge in [0.15, 0.2) is 0 Å². The van der Waals surface area contributed by atoms with Gasteiger partial charge in [0.2, 0.25) is 0 Å². The average molecular weight is 191 g/mol. The van der Waals surface area contributed by atoms with Crippen molar-refractivity contribution in [3.8, 4) is 0 Å². The molecule has 52 valence electrons. The summed E-state index contributed by atoms with van der Waals surface area (Å²) >= 11 is 3.31. The Kier molecular flexibility index (Phi) is 2.73. The lowest BCUT2D eigenvalue weighted by Gasteiger charge is -2.04. The monoisotopic (exact) mass is 190 g/mol. The predicted molar refractivity (Wildman–Crippen MR) is 41.5 cm³/mol.